The molecule has 0 fully saturated rings. The number of anilines is 1. The molecule has 0 spiro atoms. The summed E-state index contributed by atoms with van der Waals surface area (Å²) >= 11 is 0. The van der Waals surface area contributed by atoms with Crippen molar-refractivity contribution in [2.75, 3.05) is 5.32 Å². The van der Waals surface area contributed by atoms with Gasteiger partial charge in [-0.25, -0.2) is 0 Å². The molecule has 6 heteroatoms. The van der Waals surface area contributed by atoms with Crippen molar-refractivity contribution in [2.45, 2.75) is 46.5 Å². The van der Waals surface area contributed by atoms with Crippen molar-refractivity contribution < 1.29 is 14.4 Å². The molecule has 0 heterocycles. The number of carbonyl (C=O) groups excluding carboxylic acids is 3. The maximum Gasteiger partial charge on any atom is 0.269 e. The number of benzene rings is 2. The van der Waals surface area contributed by atoms with Gasteiger partial charge in [0.05, 0.1) is 5.92 Å². The van der Waals surface area contributed by atoms with E-state index in [1.54, 1.807) is 38.1 Å². The van der Waals surface area contributed by atoms with Crippen LogP contribution in [0.1, 0.15) is 61.5 Å². The van der Waals surface area contributed by atoms with Gasteiger partial charge >= 0.3 is 0 Å². The molecule has 3 amide bonds. The van der Waals surface area contributed by atoms with E-state index in [1.165, 1.54) is 5.56 Å². The molecular weight excluding hydrogens is 366 g/mol. The molecule has 0 radical (unpaired) electrons. The Kier molecular flexibility index (Phi) is 7.95. The predicted octanol–water partition coefficient (Wildman–Crippen LogP) is 3.80. The normalized spacial score (nSPS) is 11.6. The fraction of sp³-hybridized carbons (Fsp3) is 0.348. The predicted molar refractivity (Wildman–Crippen MR) is 114 cm³/mol. The average molecular weight is 396 g/mol. The largest absolute Gasteiger partial charge is 0.326 e. The SMILES string of the molecule is CCC(=O)Nc1ccc(C(=O)NNC(=O)C(C)c2ccc(CC(C)C)cc2)cc1. The topological polar surface area (TPSA) is 87.3 Å². The van der Waals surface area contributed by atoms with Crippen LogP contribution in [0.5, 0.6) is 0 Å². The minimum Gasteiger partial charge on any atom is -0.326 e. The lowest BCUT2D eigenvalue weighted by molar-refractivity contribution is -0.123. The first-order valence-corrected chi connectivity index (χ1v) is 9.89. The summed E-state index contributed by atoms with van der Waals surface area (Å²) in [5.74, 6) is -0.627. The highest BCUT2D eigenvalue weighted by atomic mass is 16.2. The molecule has 0 bridgehead atoms. The second kappa shape index (κ2) is 10.4. The van der Waals surface area contributed by atoms with Gasteiger partial charge in [0, 0.05) is 17.7 Å². The summed E-state index contributed by atoms with van der Waals surface area (Å²) in [5, 5.41) is 2.71. The van der Waals surface area contributed by atoms with Crippen LogP contribution in [0.25, 0.3) is 0 Å². The number of nitrogens with one attached hydrogen (secondary N) is 3. The van der Waals surface area contributed by atoms with Gasteiger partial charge in [0.1, 0.15) is 0 Å². The molecule has 154 valence electrons. The Hall–Kier alpha value is -3.15. The van der Waals surface area contributed by atoms with Crippen LogP contribution in [-0.4, -0.2) is 17.7 Å². The third-order valence-electron chi connectivity index (χ3n) is 4.57. The van der Waals surface area contributed by atoms with E-state index in [-0.39, 0.29) is 11.8 Å². The van der Waals surface area contributed by atoms with Gasteiger partial charge in [0.25, 0.3) is 5.91 Å². The van der Waals surface area contributed by atoms with E-state index in [1.807, 2.05) is 24.3 Å². The maximum atomic E-state index is 12.4. The van der Waals surface area contributed by atoms with Crippen molar-refractivity contribution in [1.29, 1.82) is 0 Å². The molecule has 3 N–H and O–H groups in total. The van der Waals surface area contributed by atoms with Crippen molar-refractivity contribution >= 4 is 23.4 Å². The number of hydrogen-bond donors (Lipinski definition) is 3. The highest BCUT2D eigenvalue weighted by molar-refractivity contribution is 5.97. The van der Waals surface area contributed by atoms with Gasteiger partial charge in [-0.2, -0.15) is 0 Å². The second-order valence-electron chi connectivity index (χ2n) is 7.48. The Morgan fingerprint density at radius 3 is 2.03 bits per heavy atom. The molecule has 0 aromatic heterocycles. The highest BCUT2D eigenvalue weighted by Gasteiger charge is 2.16. The number of rotatable bonds is 7. The van der Waals surface area contributed by atoms with E-state index in [0.717, 1.165) is 12.0 Å². The van der Waals surface area contributed by atoms with Crippen LogP contribution < -0.4 is 16.2 Å². The molecule has 2 aromatic carbocycles. The molecule has 0 aliphatic carbocycles. The van der Waals surface area contributed by atoms with E-state index in [4.69, 9.17) is 0 Å². The molecule has 1 atom stereocenters. The molecule has 29 heavy (non-hydrogen) atoms. The summed E-state index contributed by atoms with van der Waals surface area (Å²) in [6.07, 6.45) is 1.38. The lowest BCUT2D eigenvalue weighted by Crippen LogP contribution is -2.43. The molecule has 0 saturated carbocycles. The van der Waals surface area contributed by atoms with Crippen LogP contribution in [0.15, 0.2) is 48.5 Å². The van der Waals surface area contributed by atoms with Crippen molar-refractivity contribution in [1.82, 2.24) is 10.9 Å². The number of hydrazine groups is 1. The summed E-state index contributed by atoms with van der Waals surface area (Å²) in [5.41, 5.74) is 8.03. The summed E-state index contributed by atoms with van der Waals surface area (Å²) < 4.78 is 0. The Bertz CT molecular complexity index is 843. The summed E-state index contributed by atoms with van der Waals surface area (Å²) in [6, 6.07) is 14.4. The van der Waals surface area contributed by atoms with Gasteiger partial charge in [-0.15, -0.1) is 0 Å². The molecule has 2 rings (SSSR count). The van der Waals surface area contributed by atoms with Gasteiger partial charge in [-0.05, 0) is 54.7 Å². The van der Waals surface area contributed by atoms with Gasteiger partial charge in [-0.1, -0.05) is 45.0 Å². The minimum absolute atomic E-state index is 0.0966. The standard InChI is InChI=1S/C23H29N3O3/c1-5-21(27)24-20-12-10-19(11-13-20)23(29)26-25-22(28)16(4)18-8-6-17(7-9-18)14-15(2)3/h6-13,15-16H,5,14H2,1-4H3,(H,24,27)(H,25,28)(H,26,29). The summed E-state index contributed by atoms with van der Waals surface area (Å²) in [6.45, 7) is 7.90. The van der Waals surface area contributed by atoms with E-state index in [0.29, 0.717) is 23.6 Å². The molecule has 0 aliphatic heterocycles. The third-order valence-corrected chi connectivity index (χ3v) is 4.57. The first-order chi connectivity index (χ1) is 13.8. The van der Waals surface area contributed by atoms with Crippen LogP contribution in [0.2, 0.25) is 0 Å². The molecular formula is C23H29N3O3. The summed E-state index contributed by atoms with van der Waals surface area (Å²) in [7, 11) is 0. The van der Waals surface area contributed by atoms with Crippen LogP contribution in [-0.2, 0) is 16.0 Å². The zero-order valence-corrected chi connectivity index (χ0v) is 17.4. The minimum atomic E-state index is -0.425. The molecule has 0 aliphatic rings. The number of hydrogen-bond acceptors (Lipinski definition) is 3. The van der Waals surface area contributed by atoms with Crippen molar-refractivity contribution in [3.8, 4) is 0 Å². The van der Waals surface area contributed by atoms with Crippen LogP contribution >= 0.6 is 0 Å². The Morgan fingerprint density at radius 1 is 0.862 bits per heavy atom. The molecule has 6 nitrogen and oxygen atoms in total. The quantitative estimate of drug-likeness (QED) is 0.623. The van der Waals surface area contributed by atoms with E-state index >= 15 is 0 Å². The Balaban J connectivity index is 1.88. The highest BCUT2D eigenvalue weighted by Crippen LogP contribution is 2.17. The second-order valence-corrected chi connectivity index (χ2v) is 7.48. The van der Waals surface area contributed by atoms with Gasteiger partial charge in [0.2, 0.25) is 11.8 Å². The Morgan fingerprint density at radius 2 is 1.48 bits per heavy atom. The van der Waals surface area contributed by atoms with Crippen molar-refractivity contribution in [2.24, 2.45) is 5.92 Å². The zero-order chi connectivity index (χ0) is 21.4. The lowest BCUT2D eigenvalue weighted by Gasteiger charge is -2.14. The fourth-order valence-corrected chi connectivity index (χ4v) is 2.82. The van der Waals surface area contributed by atoms with E-state index in [2.05, 4.69) is 30.0 Å². The van der Waals surface area contributed by atoms with E-state index < -0.39 is 11.8 Å². The van der Waals surface area contributed by atoms with Gasteiger partial charge in [-0.3, -0.25) is 25.2 Å². The third kappa shape index (κ3) is 6.75. The van der Waals surface area contributed by atoms with Crippen molar-refractivity contribution in [3.63, 3.8) is 0 Å². The van der Waals surface area contributed by atoms with Crippen LogP contribution in [0.4, 0.5) is 5.69 Å². The smallest absolute Gasteiger partial charge is 0.269 e. The lowest BCUT2D eigenvalue weighted by atomic mass is 9.96. The number of amides is 3. The number of carbonyl (C=O) groups is 3. The Labute approximate surface area is 172 Å². The fourth-order valence-electron chi connectivity index (χ4n) is 2.82. The van der Waals surface area contributed by atoms with Gasteiger partial charge in [0.15, 0.2) is 0 Å². The first-order valence-electron chi connectivity index (χ1n) is 9.89. The molecule has 2 aromatic rings. The van der Waals surface area contributed by atoms with Crippen LogP contribution in [0.3, 0.4) is 0 Å². The zero-order valence-electron chi connectivity index (χ0n) is 17.4. The van der Waals surface area contributed by atoms with Gasteiger partial charge < -0.3 is 5.32 Å². The maximum absolute atomic E-state index is 12.4. The average Bonchev–Trinajstić information content (AvgIpc) is 2.71. The molecule has 0 saturated heterocycles. The monoisotopic (exact) mass is 395 g/mol. The van der Waals surface area contributed by atoms with Crippen molar-refractivity contribution in [3.05, 3.63) is 65.2 Å². The first kappa shape index (κ1) is 22.1. The van der Waals surface area contributed by atoms with E-state index in [9.17, 15) is 14.4 Å². The molecule has 1 unspecified atom stereocenters. The van der Waals surface area contributed by atoms with Crippen LogP contribution in [0, 0.1) is 5.92 Å². The summed E-state index contributed by atoms with van der Waals surface area (Å²) in [4.78, 5) is 36.0.